The van der Waals surface area contributed by atoms with Crippen molar-refractivity contribution in [3.05, 3.63) is 246 Å². The number of nitrogens with zero attached hydrogens (tertiary/aromatic N) is 5. The largest absolute Gasteiger partial charge is 1.00 e. The molecule has 113 heavy (non-hydrogen) atoms. The second-order valence-electron chi connectivity index (χ2n) is 28.0. The van der Waals surface area contributed by atoms with Crippen LogP contribution < -0.4 is 44.3 Å². The molecule has 0 radical (unpaired) electrons. The van der Waals surface area contributed by atoms with Gasteiger partial charge >= 0.3 is 35.5 Å². The van der Waals surface area contributed by atoms with Gasteiger partial charge in [0.05, 0.1) is 50.2 Å². The molecule has 2 fully saturated rings. The van der Waals surface area contributed by atoms with Gasteiger partial charge in [-0.25, -0.2) is 4.79 Å². The van der Waals surface area contributed by atoms with E-state index in [1.165, 1.54) is 99.7 Å². The minimum absolute atomic E-state index is 0. The molecule has 6 aliphatic rings. The van der Waals surface area contributed by atoms with E-state index < -0.39 is 0 Å². The van der Waals surface area contributed by atoms with Crippen LogP contribution in [0.4, 0.5) is 28.4 Å². The van der Waals surface area contributed by atoms with Crippen molar-refractivity contribution in [2.24, 2.45) is 4.99 Å². The number of hydrogen-bond acceptors (Lipinski definition) is 15. The Balaban J connectivity index is 0.000000321. The van der Waals surface area contributed by atoms with E-state index in [0.29, 0.717) is 32.0 Å². The molecular weight excluding hydrogens is 1730 g/mol. The van der Waals surface area contributed by atoms with Gasteiger partial charge in [-0.1, -0.05) is 159 Å². The van der Waals surface area contributed by atoms with E-state index in [1.54, 1.807) is 84.2 Å². The van der Waals surface area contributed by atoms with Crippen LogP contribution in [-0.2, 0) is 197 Å². The summed E-state index contributed by atoms with van der Waals surface area (Å²) in [6, 6.07) is 35.1. The van der Waals surface area contributed by atoms with Crippen LogP contribution in [0.3, 0.4) is 0 Å². The maximum Gasteiger partial charge on any atom is 1.00 e. The number of Topliss-reactive ketones (excluding diaryl/α,β-unsaturated/α-hetero) is 1. The number of ether oxygens (including phenoxy) is 5. The van der Waals surface area contributed by atoms with Gasteiger partial charge in [-0.05, 0) is 137 Å². The zero-order valence-corrected chi connectivity index (χ0v) is 83.0. The van der Waals surface area contributed by atoms with Crippen molar-refractivity contribution < 1.29 is 67.4 Å². The van der Waals surface area contributed by atoms with Gasteiger partial charge in [-0.3, -0.25) is 9.79 Å². The zero-order chi connectivity index (χ0) is 82.4. The van der Waals surface area contributed by atoms with Gasteiger partial charge in [0, 0.05) is 270 Å². The van der Waals surface area contributed by atoms with Crippen molar-refractivity contribution in [1.29, 1.82) is 0 Å². The van der Waals surface area contributed by atoms with Crippen molar-refractivity contribution in [3.8, 4) is 0 Å². The molecule has 12 nitrogen and oxygen atoms in total. The van der Waals surface area contributed by atoms with E-state index in [1.807, 2.05) is 98.0 Å². The number of benzene rings is 5. The summed E-state index contributed by atoms with van der Waals surface area (Å²) in [7, 11) is 19.7. The fraction of sp³-hybridized carbons (Fsp3) is 0.405. The number of ketones is 1. The van der Waals surface area contributed by atoms with Crippen LogP contribution in [0.5, 0.6) is 0 Å². The first kappa shape index (κ1) is 102. The number of methoxy groups -OCH3 is 1. The normalized spacial score (nSPS) is 16.4. The number of fused-ring (bicyclic) bond motifs is 4. The van der Waals surface area contributed by atoms with Crippen LogP contribution in [-0.4, -0.2) is 101 Å². The van der Waals surface area contributed by atoms with Gasteiger partial charge in [0.1, 0.15) is 0 Å². The number of hydrogen-bond donors (Lipinski definition) is 0. The first-order valence-corrected chi connectivity index (χ1v) is 55.2. The van der Waals surface area contributed by atoms with Crippen LogP contribution in [0.1, 0.15) is 169 Å². The molecular formula is C84H108N5NaO7S16+2. The molecule has 0 aromatic heterocycles. The van der Waals surface area contributed by atoms with Crippen molar-refractivity contribution in [1.82, 2.24) is 0 Å². The molecule has 11 rings (SSSR count). The molecule has 0 aliphatic carbocycles. The molecule has 0 amide bonds. The fourth-order valence-corrected chi connectivity index (χ4v) is 35.0. The average molecular weight is 1840 g/mol. The first-order valence-electron chi connectivity index (χ1n) is 36.6. The predicted octanol–water partition coefficient (Wildman–Crippen LogP) is 16.1. The van der Waals surface area contributed by atoms with Crippen LogP contribution in [0.25, 0.3) is 0 Å². The Morgan fingerprint density at radius 1 is 0.566 bits per heavy atom. The summed E-state index contributed by atoms with van der Waals surface area (Å²) in [5.74, 6) is -0.234. The van der Waals surface area contributed by atoms with E-state index in [2.05, 4.69) is 245 Å². The zero-order valence-electron chi connectivity index (χ0n) is 67.9. The Labute approximate surface area is 750 Å². The van der Waals surface area contributed by atoms with Crippen LogP contribution in [0.15, 0.2) is 206 Å². The summed E-state index contributed by atoms with van der Waals surface area (Å²) < 4.78 is 29.9. The summed E-state index contributed by atoms with van der Waals surface area (Å²) in [6.07, 6.45) is 24.8. The monoisotopic (exact) mass is 1830 g/mol. The molecule has 5 aromatic rings. The molecule has 0 bridgehead atoms. The molecule has 0 unspecified atom stereocenters. The summed E-state index contributed by atoms with van der Waals surface area (Å²) in [5, 5.41) is 0. The molecule has 6 aliphatic heterocycles. The van der Waals surface area contributed by atoms with Crippen LogP contribution in [0, 0.1) is 13.8 Å². The van der Waals surface area contributed by atoms with Crippen LogP contribution >= 0.6 is 0 Å². The third-order valence-electron chi connectivity index (χ3n) is 18.9. The number of carbonyl (C=O) groups excluding carboxylic acids is 2. The van der Waals surface area contributed by atoms with E-state index in [-0.39, 0.29) is 75.5 Å². The second-order valence-corrected chi connectivity index (χ2v) is 49.2. The molecule has 29 heteroatoms. The van der Waals surface area contributed by atoms with Gasteiger partial charge in [0.25, 0.3) is 0 Å². The third-order valence-corrected chi connectivity index (χ3v) is 41.1. The molecule has 2 saturated heterocycles. The molecule has 0 atom stereocenters. The maximum absolute atomic E-state index is 12.3. The number of allylic oxidation sites excluding steroid dienone is 10. The minimum atomic E-state index is -0.327. The number of esters is 1. The number of aliphatic imine (C=N–C) groups is 1. The average Bonchev–Trinajstić information content (AvgIpc) is 1.61. The molecule has 0 saturated carbocycles. The summed E-state index contributed by atoms with van der Waals surface area (Å²) >= 11 is 18.4. The Hall–Kier alpha value is -3.74. The first-order chi connectivity index (χ1) is 53.7. The summed E-state index contributed by atoms with van der Waals surface area (Å²) in [6.45, 7) is 52.3. The molecule has 0 spiro atoms. The Kier molecular flexibility index (Phi) is 47.7. The Bertz CT molecular complexity index is 4860. The molecule has 5 aromatic carbocycles. The third kappa shape index (κ3) is 30.2. The van der Waals surface area contributed by atoms with Gasteiger partial charge in [-0.2, -0.15) is 4.58 Å². The number of anilines is 3. The van der Waals surface area contributed by atoms with Crippen molar-refractivity contribution in [3.63, 3.8) is 0 Å². The number of para-hydroxylation sites is 1. The molecule has 0 N–H and O–H groups in total. The van der Waals surface area contributed by atoms with Crippen molar-refractivity contribution >= 4 is 203 Å². The van der Waals surface area contributed by atoms with Crippen molar-refractivity contribution in [2.45, 2.75) is 163 Å². The quantitative estimate of drug-likeness (QED) is 0.0149. The Morgan fingerprint density at radius 3 is 1.53 bits per heavy atom. The number of aryl methyl sites for hydroxylation is 2. The number of carbonyl (C=O) groups is 2. The summed E-state index contributed by atoms with van der Waals surface area (Å²) in [4.78, 5) is 35.1. The smallest absolute Gasteiger partial charge is 0.465 e. The maximum atomic E-state index is 12.3. The minimum Gasteiger partial charge on any atom is -0.465 e. The van der Waals surface area contributed by atoms with Gasteiger partial charge in [-0.15, -0.1) is 13.2 Å². The van der Waals surface area contributed by atoms with Gasteiger partial charge in [0.15, 0.2) is 30.6 Å². The Morgan fingerprint density at radius 2 is 1.02 bits per heavy atom. The molecule has 6 heterocycles. The molecule has 606 valence electrons. The van der Waals surface area contributed by atoms with E-state index in [4.69, 9.17) is 23.7 Å². The standard InChI is InChI=1S/C37H45N2O4.C18H23NO3.C16H21N.C10H11N.C3H8.Na.S9.S7/c1-8-9-20-38-30-17-15-26(2)24-28(30)36(3,4)32(38)13-11-10-12-14-33-37(5,6)29-25-27(35(40)41-7)16-18-31(29)39(33)21-19-34-42-22-23-43-34;1-12(20)14-5-6-16-15(11-14)18(3,4)13(2)19(16)8-7-17-21-9-10-22-17;1-6-7-10-17-13(3)16(4,5)14-11-12(2)8-9-15(14)17;1-2-3-9-11-10-7-5-4-6-8-10;1-3-2;;1-3-5-7-9-8-6-4-2;1-3-5-7-6-4-2/h8,10-18,24-25,34H,1,9,19-23H2,2-7H3;5-6,11,17H,2,7-10H2,1,3-4H3;6,8-9,11H,1,3,7,10H2,2,4-5H3;2-9H,1H3;3H2,1-2H3;;;/q+1;;;;;+1;;/b;;;3-2+,11-9?;;;;. The van der Waals surface area contributed by atoms with Gasteiger partial charge in [0.2, 0.25) is 5.69 Å². The number of rotatable bonds is 19. The fourth-order valence-electron chi connectivity index (χ4n) is 13.1. The summed E-state index contributed by atoms with van der Waals surface area (Å²) in [5.41, 5.74) is 18.9. The topological polar surface area (TPSA) is 105 Å². The van der Waals surface area contributed by atoms with E-state index >= 15 is 0 Å². The SMILES string of the molecule is C/C=C/C=Nc1ccccc1.C=C1N(CCC2OCCO2)c2ccc(C(C)=O)cc2C1(C)C.C=CCCN1C(=C)C(C)(C)c2cc(C)ccc21.C=CCC[N+]1=C(C=CC=CC=C2N(CCC3OCCO3)c3ccc(C(=O)OC)cc3C2(C)C)C(C)(C)c2cc(C)ccc21.CCC.S=S=S=S=S=S=S.S=S=S=S=S=S=S=S=S.[Na+]. The van der Waals surface area contributed by atoms with Crippen LogP contribution in [0.2, 0.25) is 0 Å². The second kappa shape index (κ2) is 53.0. The van der Waals surface area contributed by atoms with E-state index in [9.17, 15) is 9.59 Å². The van der Waals surface area contributed by atoms with Crippen molar-refractivity contribution in [2.75, 3.05) is 74.4 Å². The van der Waals surface area contributed by atoms with Gasteiger partial charge < -0.3 is 38.4 Å². The predicted molar refractivity (Wildman–Crippen MR) is 519 cm³/mol. The van der Waals surface area contributed by atoms with E-state index in [0.717, 1.165) is 91.4 Å².